The van der Waals surface area contributed by atoms with Gasteiger partial charge in [-0.3, -0.25) is 0 Å². The van der Waals surface area contributed by atoms with Gasteiger partial charge in [-0.05, 0) is 32.9 Å². The highest BCUT2D eigenvalue weighted by Gasteiger charge is 2.52. The molecule has 0 saturated carbocycles. The molecule has 6 heteroatoms. The number of rotatable bonds is 14. The Bertz CT molecular complexity index is 1560. The molecule has 0 radical (unpaired) electrons. The summed E-state index contributed by atoms with van der Waals surface area (Å²) >= 11 is 0. The monoisotopic (exact) mass is 730 g/mol. The first-order valence-electron chi connectivity index (χ1n) is 18.8. The normalized spacial score (nSPS) is 28.6. The van der Waals surface area contributed by atoms with Gasteiger partial charge in [0.15, 0.2) is 0 Å². The lowest BCUT2D eigenvalue weighted by molar-refractivity contribution is -0.0758. The van der Waals surface area contributed by atoms with E-state index in [0.717, 1.165) is 0 Å². The Morgan fingerprint density at radius 2 is 0.538 bits per heavy atom. The summed E-state index contributed by atoms with van der Waals surface area (Å²) in [6, 6.07) is 51.5. The quantitative estimate of drug-likeness (QED) is 0.107. The maximum Gasteiger partial charge on any atom is 0.0915 e. The van der Waals surface area contributed by atoms with Crippen LogP contribution in [0.2, 0.25) is 0 Å². The average Bonchev–Trinajstić information content (AvgIpc) is 3.57. The lowest BCUT2D eigenvalue weighted by Crippen LogP contribution is -2.36. The van der Waals surface area contributed by atoms with E-state index in [1.165, 1.54) is 32.9 Å². The van der Waals surface area contributed by atoms with Crippen molar-refractivity contribution in [1.82, 2.24) is 0 Å². The lowest BCUT2D eigenvalue weighted by atomic mass is 10.1. The fourth-order valence-electron chi connectivity index (χ4n) is 8.25. The van der Waals surface area contributed by atoms with Crippen molar-refractivity contribution >= 4 is 26.5 Å². The third kappa shape index (κ3) is 8.45. The second-order valence-corrected chi connectivity index (χ2v) is 20.2. The summed E-state index contributed by atoms with van der Waals surface area (Å²) in [5, 5.41) is 3.01. The van der Waals surface area contributed by atoms with E-state index in [2.05, 4.69) is 173 Å². The first kappa shape index (κ1) is 37.1. The highest BCUT2D eigenvalue weighted by molar-refractivity contribution is 7.73. The van der Waals surface area contributed by atoms with Gasteiger partial charge in [0, 0.05) is 22.6 Å². The van der Waals surface area contributed by atoms with Crippen LogP contribution in [0.25, 0.3) is 0 Å². The zero-order chi connectivity index (χ0) is 35.9. The SMILES string of the molecule is C[C@@H]1[C@H](OCc2ccccc2)[C@@H](OCc2ccccc2)[C@@H](C)P1c1ccccc1P1[C@H](C)[C@H](OCc2ccccc2)[C@@H](OCc2ccccc2)[C@H]1C. The minimum atomic E-state index is -0.609. The first-order chi connectivity index (χ1) is 25.5. The molecule has 0 N–H and O–H groups in total. The second-order valence-electron chi connectivity index (χ2n) is 14.3. The molecule has 0 bridgehead atoms. The summed E-state index contributed by atoms with van der Waals surface area (Å²) in [5.74, 6) is 0. The topological polar surface area (TPSA) is 36.9 Å². The molecule has 2 heterocycles. The van der Waals surface area contributed by atoms with Crippen molar-refractivity contribution in [2.24, 2.45) is 0 Å². The van der Waals surface area contributed by atoms with Crippen LogP contribution in [0.15, 0.2) is 146 Å². The third-order valence-corrected chi connectivity index (χ3v) is 17.6. The van der Waals surface area contributed by atoms with Gasteiger partial charge in [-0.25, -0.2) is 0 Å². The summed E-state index contributed by atoms with van der Waals surface area (Å²) in [7, 11) is -1.22. The molecule has 0 amide bonds. The minimum absolute atomic E-state index is 0.00630. The lowest BCUT2D eigenvalue weighted by Gasteiger charge is -2.31. The summed E-state index contributed by atoms with van der Waals surface area (Å²) in [5.41, 5.74) is 6.09. The molecular formula is C46H52O4P2. The highest BCUT2D eigenvalue weighted by atomic mass is 31.1. The van der Waals surface area contributed by atoms with Crippen LogP contribution < -0.4 is 10.6 Å². The zero-order valence-corrected chi connectivity index (χ0v) is 32.6. The van der Waals surface area contributed by atoms with Gasteiger partial charge in [0.25, 0.3) is 0 Å². The van der Waals surface area contributed by atoms with Gasteiger partial charge >= 0.3 is 0 Å². The van der Waals surface area contributed by atoms with E-state index >= 15 is 0 Å². The van der Waals surface area contributed by atoms with Crippen LogP contribution in [0, 0.1) is 0 Å². The molecule has 0 unspecified atom stereocenters. The van der Waals surface area contributed by atoms with Crippen molar-refractivity contribution in [3.63, 3.8) is 0 Å². The van der Waals surface area contributed by atoms with Gasteiger partial charge in [-0.1, -0.05) is 189 Å². The van der Waals surface area contributed by atoms with Crippen molar-refractivity contribution in [1.29, 1.82) is 0 Å². The van der Waals surface area contributed by atoms with E-state index in [0.29, 0.717) is 49.1 Å². The Morgan fingerprint density at radius 3 is 0.769 bits per heavy atom. The van der Waals surface area contributed by atoms with Gasteiger partial charge in [0.05, 0.1) is 50.8 Å². The zero-order valence-electron chi connectivity index (χ0n) is 30.8. The second kappa shape index (κ2) is 17.7. The van der Waals surface area contributed by atoms with Crippen LogP contribution in [0.4, 0.5) is 0 Å². The van der Waals surface area contributed by atoms with Crippen molar-refractivity contribution in [3.05, 3.63) is 168 Å². The molecule has 5 aromatic carbocycles. The van der Waals surface area contributed by atoms with Crippen molar-refractivity contribution in [2.45, 2.75) is 101 Å². The fraction of sp³-hybridized carbons (Fsp3) is 0.348. The molecule has 4 nitrogen and oxygen atoms in total. The molecular weight excluding hydrogens is 678 g/mol. The molecule has 52 heavy (non-hydrogen) atoms. The number of ether oxygens (including phenoxy) is 4. The van der Waals surface area contributed by atoms with E-state index in [-0.39, 0.29) is 24.4 Å². The van der Waals surface area contributed by atoms with Gasteiger partial charge in [0.1, 0.15) is 0 Å². The van der Waals surface area contributed by atoms with Crippen LogP contribution in [0.5, 0.6) is 0 Å². The van der Waals surface area contributed by atoms with Gasteiger partial charge in [0.2, 0.25) is 0 Å². The highest BCUT2D eigenvalue weighted by Crippen LogP contribution is 2.61. The molecule has 0 aromatic heterocycles. The summed E-state index contributed by atoms with van der Waals surface area (Å²) in [4.78, 5) is 0. The molecule has 8 atom stereocenters. The number of hydrogen-bond acceptors (Lipinski definition) is 4. The standard InChI is InChI=1S/C46H52O4P2/c1-33-43(47-29-37-19-9-5-10-20-37)44(48-30-38-21-11-6-12-22-38)34(2)51(33)41-27-17-18-28-42(41)52-35(3)45(49-31-39-23-13-7-14-24-39)46(36(52)4)50-32-40-25-15-8-16-26-40/h5-28,33-36,43-46H,29-32H2,1-4H3/t33-,34-,35-,36-,43+,44+,45+,46+/m1/s1. The third-order valence-electron chi connectivity index (χ3n) is 10.9. The Labute approximate surface area is 313 Å². The summed E-state index contributed by atoms with van der Waals surface area (Å²) in [6.45, 7) is 12.0. The fourth-order valence-corrected chi connectivity index (χ4v) is 15.7. The summed E-state index contributed by atoms with van der Waals surface area (Å²) < 4.78 is 27.5. The Morgan fingerprint density at radius 1 is 0.327 bits per heavy atom. The van der Waals surface area contributed by atoms with Crippen LogP contribution in [0.3, 0.4) is 0 Å². The molecule has 5 aromatic rings. The van der Waals surface area contributed by atoms with E-state index < -0.39 is 15.8 Å². The van der Waals surface area contributed by atoms with E-state index in [9.17, 15) is 0 Å². The molecule has 2 saturated heterocycles. The maximum absolute atomic E-state index is 6.87. The van der Waals surface area contributed by atoms with Crippen molar-refractivity contribution in [2.75, 3.05) is 0 Å². The van der Waals surface area contributed by atoms with Crippen LogP contribution in [-0.4, -0.2) is 47.1 Å². The molecule has 2 aliphatic heterocycles. The molecule has 270 valence electrons. The smallest absolute Gasteiger partial charge is 0.0915 e. The van der Waals surface area contributed by atoms with E-state index in [1.807, 2.05) is 0 Å². The Balaban J connectivity index is 1.18. The average molecular weight is 731 g/mol. The van der Waals surface area contributed by atoms with Gasteiger partial charge in [-0.15, -0.1) is 0 Å². The minimum Gasteiger partial charge on any atom is -0.370 e. The first-order valence-corrected chi connectivity index (χ1v) is 21.7. The van der Waals surface area contributed by atoms with E-state index in [1.54, 1.807) is 0 Å². The molecule has 0 aliphatic carbocycles. The molecule has 0 spiro atoms. The predicted molar refractivity (Wildman–Crippen MR) is 217 cm³/mol. The van der Waals surface area contributed by atoms with Crippen LogP contribution in [0.1, 0.15) is 49.9 Å². The van der Waals surface area contributed by atoms with Crippen LogP contribution in [-0.2, 0) is 45.4 Å². The largest absolute Gasteiger partial charge is 0.370 e. The van der Waals surface area contributed by atoms with Gasteiger partial charge < -0.3 is 18.9 Å². The summed E-state index contributed by atoms with van der Waals surface area (Å²) in [6.07, 6.45) is -0.0252. The molecule has 2 fully saturated rings. The Hall–Kier alpha value is -3.20. The predicted octanol–water partition coefficient (Wildman–Crippen LogP) is 9.82. The van der Waals surface area contributed by atoms with Crippen LogP contribution >= 0.6 is 15.8 Å². The van der Waals surface area contributed by atoms with Crippen molar-refractivity contribution in [3.8, 4) is 0 Å². The maximum atomic E-state index is 6.87. The van der Waals surface area contributed by atoms with Crippen molar-refractivity contribution < 1.29 is 18.9 Å². The van der Waals surface area contributed by atoms with Gasteiger partial charge in [-0.2, -0.15) is 0 Å². The Kier molecular flexibility index (Phi) is 12.7. The van der Waals surface area contributed by atoms with E-state index in [4.69, 9.17) is 18.9 Å². The number of hydrogen-bond donors (Lipinski definition) is 0. The molecule has 7 rings (SSSR count). The molecule has 2 aliphatic rings. The number of benzene rings is 5.